The maximum absolute atomic E-state index is 4.63. The molecule has 0 radical (unpaired) electrons. The minimum atomic E-state index is 0.708. The van der Waals surface area contributed by atoms with Crippen molar-refractivity contribution < 1.29 is 0 Å². The van der Waals surface area contributed by atoms with Crippen molar-refractivity contribution in [3.63, 3.8) is 0 Å². The molecule has 0 bridgehead atoms. The summed E-state index contributed by atoms with van der Waals surface area (Å²) in [5.74, 6) is 1.87. The lowest BCUT2D eigenvalue weighted by Gasteiger charge is -2.33. The lowest BCUT2D eigenvalue weighted by Crippen LogP contribution is -2.44. The molecule has 0 aromatic carbocycles. The zero-order valence-electron chi connectivity index (χ0n) is 14.9. The summed E-state index contributed by atoms with van der Waals surface area (Å²) in [5.41, 5.74) is 2.42. The number of nitrogens with one attached hydrogen (secondary N) is 2. The van der Waals surface area contributed by atoms with Crippen LogP contribution in [0.15, 0.2) is 40.1 Å². The number of rotatable bonds is 5. The lowest BCUT2D eigenvalue weighted by atomic mass is 10.2. The highest BCUT2D eigenvalue weighted by molar-refractivity contribution is 7.07. The van der Waals surface area contributed by atoms with Crippen molar-refractivity contribution in [2.24, 2.45) is 4.99 Å². The first-order chi connectivity index (χ1) is 12.2. The van der Waals surface area contributed by atoms with E-state index in [-0.39, 0.29) is 0 Å². The Hall–Kier alpha value is -2.12. The first kappa shape index (κ1) is 17.7. The van der Waals surface area contributed by atoms with Gasteiger partial charge in [0.15, 0.2) is 5.96 Å². The molecule has 2 aromatic heterocycles. The van der Waals surface area contributed by atoms with Crippen LogP contribution in [0.1, 0.15) is 11.1 Å². The Bertz CT molecular complexity index is 659. The molecule has 1 fully saturated rings. The highest BCUT2D eigenvalue weighted by atomic mass is 32.1. The number of guanidine groups is 1. The molecular formula is C18H26N6S. The van der Waals surface area contributed by atoms with Gasteiger partial charge in [-0.1, -0.05) is 6.07 Å². The van der Waals surface area contributed by atoms with E-state index in [0.717, 1.165) is 50.1 Å². The van der Waals surface area contributed by atoms with Crippen LogP contribution in [0.4, 0.5) is 5.82 Å². The quantitative estimate of drug-likeness (QED) is 0.630. The van der Waals surface area contributed by atoms with E-state index in [4.69, 9.17) is 0 Å². The number of aliphatic imine (C=N–C) groups is 1. The van der Waals surface area contributed by atoms with Gasteiger partial charge in [-0.05, 0) is 41.1 Å². The molecule has 2 aromatic rings. The molecule has 0 amide bonds. The van der Waals surface area contributed by atoms with Gasteiger partial charge in [0.2, 0.25) is 0 Å². The summed E-state index contributed by atoms with van der Waals surface area (Å²) in [5, 5.41) is 10.9. The highest BCUT2D eigenvalue weighted by Gasteiger charge is 2.14. The van der Waals surface area contributed by atoms with Crippen molar-refractivity contribution in [3.05, 3.63) is 46.3 Å². The van der Waals surface area contributed by atoms with Gasteiger partial charge in [-0.15, -0.1) is 0 Å². The standard InChI is InChI=1S/C18H26N6S/c1-19-18(22-13-16-5-10-25-14-16)21-12-15-3-4-17(20-11-15)24-8-6-23(2)7-9-24/h3-5,10-11,14H,6-9,12-13H2,1-2H3,(H2,19,21,22). The number of hydrogen-bond donors (Lipinski definition) is 2. The smallest absolute Gasteiger partial charge is 0.191 e. The monoisotopic (exact) mass is 358 g/mol. The summed E-state index contributed by atoms with van der Waals surface area (Å²) in [6.07, 6.45) is 1.95. The van der Waals surface area contributed by atoms with Gasteiger partial charge in [0.05, 0.1) is 0 Å². The molecule has 0 unspecified atom stereocenters. The van der Waals surface area contributed by atoms with E-state index < -0.39 is 0 Å². The molecule has 1 saturated heterocycles. The fourth-order valence-electron chi connectivity index (χ4n) is 2.73. The van der Waals surface area contributed by atoms with Crippen LogP contribution >= 0.6 is 11.3 Å². The van der Waals surface area contributed by atoms with E-state index in [2.05, 4.69) is 66.4 Å². The number of piperazine rings is 1. The number of pyridine rings is 1. The second kappa shape index (κ2) is 8.82. The molecule has 1 aliphatic heterocycles. The van der Waals surface area contributed by atoms with Gasteiger partial charge < -0.3 is 20.4 Å². The van der Waals surface area contributed by atoms with Gasteiger partial charge >= 0.3 is 0 Å². The number of likely N-dealkylation sites (N-methyl/N-ethyl adjacent to an activating group) is 1. The number of thiophene rings is 1. The molecule has 25 heavy (non-hydrogen) atoms. The molecule has 6 nitrogen and oxygen atoms in total. The van der Waals surface area contributed by atoms with Gasteiger partial charge in [0, 0.05) is 52.5 Å². The summed E-state index contributed by atoms with van der Waals surface area (Å²) >= 11 is 1.71. The van der Waals surface area contributed by atoms with Crippen molar-refractivity contribution >= 4 is 23.1 Å². The van der Waals surface area contributed by atoms with Crippen LogP contribution in [-0.4, -0.2) is 56.1 Å². The molecule has 2 N–H and O–H groups in total. The molecule has 0 atom stereocenters. The fraction of sp³-hybridized carbons (Fsp3) is 0.444. The zero-order chi connectivity index (χ0) is 17.5. The van der Waals surface area contributed by atoms with Gasteiger partial charge in [-0.25, -0.2) is 4.98 Å². The maximum Gasteiger partial charge on any atom is 0.191 e. The minimum absolute atomic E-state index is 0.708. The molecule has 134 valence electrons. The normalized spacial score (nSPS) is 16.1. The molecule has 0 aliphatic carbocycles. The van der Waals surface area contributed by atoms with E-state index in [0.29, 0.717) is 6.54 Å². The van der Waals surface area contributed by atoms with Crippen LogP contribution in [0.25, 0.3) is 0 Å². The largest absolute Gasteiger partial charge is 0.354 e. The predicted octanol–water partition coefficient (Wildman–Crippen LogP) is 1.76. The Balaban J connectivity index is 1.47. The molecule has 3 heterocycles. The van der Waals surface area contributed by atoms with Crippen molar-refractivity contribution in [1.82, 2.24) is 20.5 Å². The number of hydrogen-bond acceptors (Lipinski definition) is 5. The zero-order valence-corrected chi connectivity index (χ0v) is 15.7. The molecule has 0 spiro atoms. The first-order valence-electron chi connectivity index (χ1n) is 8.58. The third kappa shape index (κ3) is 5.17. The Morgan fingerprint density at radius 1 is 1.12 bits per heavy atom. The molecule has 0 saturated carbocycles. The topological polar surface area (TPSA) is 55.8 Å². The fourth-order valence-corrected chi connectivity index (χ4v) is 3.40. The maximum atomic E-state index is 4.63. The van der Waals surface area contributed by atoms with Crippen molar-refractivity contribution in [3.8, 4) is 0 Å². The highest BCUT2D eigenvalue weighted by Crippen LogP contribution is 2.13. The lowest BCUT2D eigenvalue weighted by molar-refractivity contribution is 0.312. The van der Waals surface area contributed by atoms with Gasteiger partial charge in [0.1, 0.15) is 5.82 Å². The van der Waals surface area contributed by atoms with Crippen molar-refractivity contribution in [2.75, 3.05) is 45.2 Å². The molecule has 7 heteroatoms. The third-order valence-corrected chi connectivity index (χ3v) is 5.09. The van der Waals surface area contributed by atoms with Crippen LogP contribution in [-0.2, 0) is 13.1 Å². The third-order valence-electron chi connectivity index (χ3n) is 4.36. The second-order valence-corrected chi connectivity index (χ2v) is 7.01. The molecular weight excluding hydrogens is 332 g/mol. The number of anilines is 1. The van der Waals surface area contributed by atoms with Gasteiger partial charge in [0.25, 0.3) is 0 Å². The summed E-state index contributed by atoms with van der Waals surface area (Å²) in [4.78, 5) is 13.6. The van der Waals surface area contributed by atoms with Gasteiger partial charge in [-0.2, -0.15) is 11.3 Å². The summed E-state index contributed by atoms with van der Waals surface area (Å²) in [6.45, 7) is 5.76. The van der Waals surface area contributed by atoms with Crippen molar-refractivity contribution in [2.45, 2.75) is 13.1 Å². The van der Waals surface area contributed by atoms with E-state index in [1.807, 2.05) is 6.20 Å². The second-order valence-electron chi connectivity index (χ2n) is 6.23. The van der Waals surface area contributed by atoms with Crippen LogP contribution in [0.3, 0.4) is 0 Å². The van der Waals surface area contributed by atoms with Crippen LogP contribution in [0, 0.1) is 0 Å². The Morgan fingerprint density at radius 2 is 1.88 bits per heavy atom. The van der Waals surface area contributed by atoms with Crippen LogP contribution < -0.4 is 15.5 Å². The summed E-state index contributed by atoms with van der Waals surface area (Å²) in [7, 11) is 3.95. The Morgan fingerprint density at radius 3 is 2.48 bits per heavy atom. The minimum Gasteiger partial charge on any atom is -0.354 e. The average molecular weight is 359 g/mol. The van der Waals surface area contributed by atoms with E-state index in [1.54, 1.807) is 18.4 Å². The number of nitrogens with zero attached hydrogens (tertiary/aromatic N) is 4. The van der Waals surface area contributed by atoms with Crippen LogP contribution in [0.5, 0.6) is 0 Å². The summed E-state index contributed by atoms with van der Waals surface area (Å²) < 4.78 is 0. The Labute approximate surface area is 153 Å². The molecule has 1 aliphatic rings. The summed E-state index contributed by atoms with van der Waals surface area (Å²) in [6, 6.07) is 6.37. The Kier molecular flexibility index (Phi) is 6.25. The van der Waals surface area contributed by atoms with Gasteiger partial charge in [-0.3, -0.25) is 4.99 Å². The van der Waals surface area contributed by atoms with E-state index in [9.17, 15) is 0 Å². The predicted molar refractivity (Wildman–Crippen MR) is 105 cm³/mol. The van der Waals surface area contributed by atoms with E-state index in [1.165, 1.54) is 5.56 Å². The SMILES string of the molecule is CN=C(NCc1ccc(N2CCN(C)CC2)nc1)NCc1ccsc1. The van der Waals surface area contributed by atoms with E-state index >= 15 is 0 Å². The molecule has 3 rings (SSSR count). The van der Waals surface area contributed by atoms with Crippen LogP contribution in [0.2, 0.25) is 0 Å². The average Bonchev–Trinajstić information content (AvgIpc) is 3.17. The number of aromatic nitrogens is 1. The van der Waals surface area contributed by atoms with Crippen molar-refractivity contribution in [1.29, 1.82) is 0 Å². The first-order valence-corrected chi connectivity index (χ1v) is 9.53.